The maximum absolute atomic E-state index is 5.82. The zero-order valence-corrected chi connectivity index (χ0v) is 10.6. The Morgan fingerprint density at radius 1 is 1.41 bits per heavy atom. The zero-order valence-electron chi connectivity index (χ0n) is 9.80. The first-order valence-corrected chi connectivity index (χ1v) is 7.22. The first-order valence-electron chi connectivity index (χ1n) is 6.17. The first-order chi connectivity index (χ1) is 8.40. The number of thioether (sulfide) groups is 1. The van der Waals surface area contributed by atoms with Crippen LogP contribution in [0.1, 0.15) is 36.0 Å². The van der Waals surface area contributed by atoms with Gasteiger partial charge in [0.1, 0.15) is 5.82 Å². The smallest absolute Gasteiger partial charge is 0.126 e. The molecule has 90 valence electrons. The molecular weight excluding hydrogens is 230 g/mol. The van der Waals surface area contributed by atoms with E-state index < -0.39 is 0 Å². The fourth-order valence-corrected chi connectivity index (χ4v) is 3.78. The quantitative estimate of drug-likeness (QED) is 0.887. The number of imidazole rings is 1. The van der Waals surface area contributed by atoms with E-state index in [0.717, 1.165) is 11.2 Å². The summed E-state index contributed by atoms with van der Waals surface area (Å²) in [4.78, 5) is 4.61. The van der Waals surface area contributed by atoms with E-state index in [9.17, 15) is 0 Å². The second-order valence-corrected chi connectivity index (χ2v) is 5.76. The fraction of sp³-hybridized carbons (Fsp3) is 0.462. The Morgan fingerprint density at radius 3 is 3.12 bits per heavy atom. The molecule has 0 radical (unpaired) electrons. The topological polar surface area (TPSA) is 43.3 Å². The van der Waals surface area contributed by atoms with Gasteiger partial charge >= 0.3 is 0 Å². The Balaban J connectivity index is 2.09. The van der Waals surface area contributed by atoms with Crippen LogP contribution in [-0.2, 0) is 6.54 Å². The second-order valence-electron chi connectivity index (χ2n) is 4.45. The summed E-state index contributed by atoms with van der Waals surface area (Å²) < 4.78 is 2.24. The third-order valence-corrected chi connectivity index (χ3v) is 4.71. The van der Waals surface area contributed by atoms with Crippen molar-refractivity contribution >= 4 is 17.3 Å². The number of rotatable bonds is 2. The van der Waals surface area contributed by atoms with Crippen LogP contribution >= 0.6 is 11.8 Å². The van der Waals surface area contributed by atoms with Crippen LogP contribution in [0.2, 0.25) is 0 Å². The molecule has 1 fully saturated rings. The minimum absolute atomic E-state index is 0.541. The van der Waals surface area contributed by atoms with Gasteiger partial charge in [-0.3, -0.25) is 4.40 Å². The summed E-state index contributed by atoms with van der Waals surface area (Å²) in [5, 5.41) is 0.541. The average Bonchev–Trinajstić information content (AvgIpc) is 2.83. The number of pyridine rings is 1. The summed E-state index contributed by atoms with van der Waals surface area (Å²) >= 11 is 2.03. The van der Waals surface area contributed by atoms with Gasteiger partial charge < -0.3 is 5.73 Å². The molecule has 0 spiro atoms. The molecule has 3 rings (SSSR count). The van der Waals surface area contributed by atoms with Gasteiger partial charge in [0.15, 0.2) is 0 Å². The van der Waals surface area contributed by atoms with Crippen molar-refractivity contribution < 1.29 is 0 Å². The Bertz CT molecular complexity index is 514. The number of fused-ring (bicyclic) bond motifs is 1. The van der Waals surface area contributed by atoms with Gasteiger partial charge in [0.05, 0.1) is 17.0 Å². The molecule has 1 aliphatic rings. The Morgan fingerprint density at radius 2 is 2.35 bits per heavy atom. The highest BCUT2D eigenvalue weighted by atomic mass is 32.2. The second kappa shape index (κ2) is 4.70. The SMILES string of the molecule is NCc1cccc2cnc(C3CCCCS3)n12. The van der Waals surface area contributed by atoms with Crippen molar-refractivity contribution in [3.63, 3.8) is 0 Å². The van der Waals surface area contributed by atoms with Crippen LogP contribution < -0.4 is 5.73 Å². The Hall–Kier alpha value is -1.00. The number of nitrogens with two attached hydrogens (primary N) is 1. The van der Waals surface area contributed by atoms with Crippen LogP contribution in [0, 0.1) is 0 Å². The summed E-state index contributed by atoms with van der Waals surface area (Å²) in [6.07, 6.45) is 5.86. The van der Waals surface area contributed by atoms with Gasteiger partial charge in [-0.15, -0.1) is 0 Å². The number of hydrogen-bond donors (Lipinski definition) is 1. The van der Waals surface area contributed by atoms with Crippen molar-refractivity contribution in [3.8, 4) is 0 Å². The van der Waals surface area contributed by atoms with Gasteiger partial charge in [-0.1, -0.05) is 12.5 Å². The minimum atomic E-state index is 0.541. The van der Waals surface area contributed by atoms with Crippen LogP contribution in [0.5, 0.6) is 0 Å². The third-order valence-electron chi connectivity index (χ3n) is 3.34. The Labute approximate surface area is 105 Å². The lowest BCUT2D eigenvalue weighted by molar-refractivity contribution is 0.656. The van der Waals surface area contributed by atoms with E-state index in [0.29, 0.717) is 11.8 Å². The zero-order chi connectivity index (χ0) is 11.7. The van der Waals surface area contributed by atoms with E-state index >= 15 is 0 Å². The lowest BCUT2D eigenvalue weighted by Crippen LogP contribution is -2.10. The van der Waals surface area contributed by atoms with E-state index in [1.807, 2.05) is 18.0 Å². The van der Waals surface area contributed by atoms with Crippen LogP contribution in [-0.4, -0.2) is 15.1 Å². The largest absolute Gasteiger partial charge is 0.325 e. The maximum atomic E-state index is 5.82. The molecule has 0 saturated carbocycles. The molecule has 3 nitrogen and oxygen atoms in total. The highest BCUT2D eigenvalue weighted by molar-refractivity contribution is 7.99. The van der Waals surface area contributed by atoms with E-state index in [1.54, 1.807) is 0 Å². The molecule has 2 aromatic rings. The molecule has 1 unspecified atom stereocenters. The molecule has 3 heterocycles. The molecule has 17 heavy (non-hydrogen) atoms. The van der Waals surface area contributed by atoms with Crippen molar-refractivity contribution in [2.75, 3.05) is 5.75 Å². The highest BCUT2D eigenvalue weighted by Gasteiger charge is 2.21. The van der Waals surface area contributed by atoms with Crippen molar-refractivity contribution in [1.82, 2.24) is 9.38 Å². The lowest BCUT2D eigenvalue weighted by Gasteiger charge is -2.21. The van der Waals surface area contributed by atoms with Gasteiger partial charge in [0.2, 0.25) is 0 Å². The van der Waals surface area contributed by atoms with E-state index in [1.165, 1.54) is 30.8 Å². The summed E-state index contributed by atoms with van der Waals surface area (Å²) in [7, 11) is 0. The van der Waals surface area contributed by atoms with Crippen LogP contribution in [0.25, 0.3) is 5.52 Å². The predicted molar refractivity (Wildman–Crippen MR) is 72.1 cm³/mol. The summed E-state index contributed by atoms with van der Waals surface area (Å²) in [6.45, 7) is 0.568. The van der Waals surface area contributed by atoms with E-state index in [-0.39, 0.29) is 0 Å². The molecule has 0 aliphatic carbocycles. The molecule has 2 aromatic heterocycles. The minimum Gasteiger partial charge on any atom is -0.325 e. The van der Waals surface area contributed by atoms with Crippen molar-refractivity contribution in [2.24, 2.45) is 5.73 Å². The Kier molecular flexibility index (Phi) is 3.07. The van der Waals surface area contributed by atoms with E-state index in [2.05, 4.69) is 27.6 Å². The highest BCUT2D eigenvalue weighted by Crippen LogP contribution is 2.37. The van der Waals surface area contributed by atoms with Gasteiger partial charge in [-0.2, -0.15) is 11.8 Å². The van der Waals surface area contributed by atoms with Crippen LogP contribution in [0.4, 0.5) is 0 Å². The number of nitrogens with zero attached hydrogens (tertiary/aromatic N) is 2. The fourth-order valence-electron chi connectivity index (χ4n) is 2.47. The van der Waals surface area contributed by atoms with Crippen molar-refractivity contribution in [1.29, 1.82) is 0 Å². The molecular formula is C13H17N3S. The van der Waals surface area contributed by atoms with Gasteiger partial charge in [-0.05, 0) is 30.7 Å². The van der Waals surface area contributed by atoms with E-state index in [4.69, 9.17) is 5.73 Å². The van der Waals surface area contributed by atoms with Gasteiger partial charge in [-0.25, -0.2) is 4.98 Å². The standard InChI is InChI=1S/C13H17N3S/c14-8-10-4-3-5-11-9-15-13(16(10)11)12-6-1-2-7-17-12/h3-5,9,12H,1-2,6-8,14H2. The molecule has 0 bridgehead atoms. The molecule has 2 N–H and O–H groups in total. The summed E-state index contributed by atoms with van der Waals surface area (Å²) in [6, 6.07) is 6.24. The first kappa shape index (κ1) is 11.1. The molecule has 0 amide bonds. The predicted octanol–water partition coefficient (Wildman–Crippen LogP) is 2.75. The monoisotopic (exact) mass is 247 g/mol. The molecule has 1 atom stereocenters. The van der Waals surface area contributed by atoms with Crippen LogP contribution in [0.15, 0.2) is 24.4 Å². The number of hydrogen-bond acceptors (Lipinski definition) is 3. The van der Waals surface area contributed by atoms with Crippen molar-refractivity contribution in [2.45, 2.75) is 31.1 Å². The number of aromatic nitrogens is 2. The summed E-state index contributed by atoms with van der Waals surface area (Å²) in [5.74, 6) is 2.44. The van der Waals surface area contributed by atoms with Crippen LogP contribution in [0.3, 0.4) is 0 Å². The summed E-state index contributed by atoms with van der Waals surface area (Å²) in [5.41, 5.74) is 8.13. The van der Waals surface area contributed by atoms with Gasteiger partial charge in [0, 0.05) is 12.2 Å². The molecule has 1 saturated heterocycles. The lowest BCUT2D eigenvalue weighted by atomic mass is 10.2. The van der Waals surface area contributed by atoms with Gasteiger partial charge in [0.25, 0.3) is 0 Å². The normalized spacial score (nSPS) is 20.9. The molecule has 4 heteroatoms. The maximum Gasteiger partial charge on any atom is 0.126 e. The molecule has 1 aliphatic heterocycles. The van der Waals surface area contributed by atoms with Crippen molar-refractivity contribution in [3.05, 3.63) is 35.9 Å². The third kappa shape index (κ3) is 1.96. The molecule has 0 aromatic carbocycles. The average molecular weight is 247 g/mol.